The SMILES string of the molecule is CN(C)CCCN(C)CC(=O)c1ccc(C#N)cc1. The Morgan fingerprint density at radius 2 is 1.79 bits per heavy atom. The molecular weight excluding hydrogens is 238 g/mol. The maximum Gasteiger partial charge on any atom is 0.176 e. The molecule has 0 fully saturated rings. The second-order valence-corrected chi connectivity index (χ2v) is 5.01. The van der Waals surface area contributed by atoms with E-state index in [0.717, 1.165) is 19.5 Å². The van der Waals surface area contributed by atoms with Crippen LogP contribution < -0.4 is 0 Å². The van der Waals surface area contributed by atoms with Crippen LogP contribution in [0.4, 0.5) is 0 Å². The summed E-state index contributed by atoms with van der Waals surface area (Å²) in [6, 6.07) is 8.84. The summed E-state index contributed by atoms with van der Waals surface area (Å²) in [7, 11) is 6.04. The molecule has 19 heavy (non-hydrogen) atoms. The lowest BCUT2D eigenvalue weighted by molar-refractivity contribution is 0.0944. The van der Waals surface area contributed by atoms with Crippen LogP contribution in [-0.2, 0) is 0 Å². The van der Waals surface area contributed by atoms with E-state index in [-0.39, 0.29) is 5.78 Å². The lowest BCUT2D eigenvalue weighted by Gasteiger charge is -2.17. The van der Waals surface area contributed by atoms with Gasteiger partial charge in [-0.2, -0.15) is 5.26 Å². The minimum Gasteiger partial charge on any atom is -0.309 e. The number of benzene rings is 1. The highest BCUT2D eigenvalue weighted by atomic mass is 16.1. The molecule has 0 aliphatic carbocycles. The van der Waals surface area contributed by atoms with Gasteiger partial charge >= 0.3 is 0 Å². The van der Waals surface area contributed by atoms with Crippen LogP contribution in [0.25, 0.3) is 0 Å². The van der Waals surface area contributed by atoms with Crippen molar-refractivity contribution in [2.24, 2.45) is 0 Å². The van der Waals surface area contributed by atoms with E-state index in [1.807, 2.05) is 32.1 Å². The summed E-state index contributed by atoms with van der Waals surface area (Å²) >= 11 is 0. The summed E-state index contributed by atoms with van der Waals surface area (Å²) in [5, 5.41) is 8.71. The number of nitriles is 1. The number of hydrogen-bond donors (Lipinski definition) is 0. The van der Waals surface area contributed by atoms with Gasteiger partial charge in [0, 0.05) is 5.56 Å². The molecule has 102 valence electrons. The van der Waals surface area contributed by atoms with Crippen molar-refractivity contribution in [3.8, 4) is 6.07 Å². The van der Waals surface area contributed by atoms with E-state index in [1.54, 1.807) is 24.3 Å². The molecule has 0 aliphatic heterocycles. The van der Waals surface area contributed by atoms with Gasteiger partial charge in [-0.15, -0.1) is 0 Å². The Labute approximate surface area is 115 Å². The molecule has 0 heterocycles. The van der Waals surface area contributed by atoms with Gasteiger partial charge in [0.2, 0.25) is 0 Å². The zero-order valence-electron chi connectivity index (χ0n) is 11.9. The number of likely N-dealkylation sites (N-methyl/N-ethyl adjacent to an activating group) is 1. The smallest absolute Gasteiger partial charge is 0.176 e. The number of nitrogens with zero attached hydrogens (tertiary/aromatic N) is 3. The third kappa shape index (κ3) is 5.64. The van der Waals surface area contributed by atoms with Gasteiger partial charge < -0.3 is 4.90 Å². The summed E-state index contributed by atoms with van der Waals surface area (Å²) in [4.78, 5) is 16.2. The Kier molecular flexibility index (Phi) is 6.20. The molecule has 0 radical (unpaired) electrons. The maximum absolute atomic E-state index is 12.0. The van der Waals surface area contributed by atoms with Crippen LogP contribution in [0.15, 0.2) is 24.3 Å². The minimum atomic E-state index is 0.0943. The number of carbonyl (C=O) groups excluding carboxylic acids is 1. The first kappa shape index (κ1) is 15.4. The fourth-order valence-corrected chi connectivity index (χ4v) is 1.80. The van der Waals surface area contributed by atoms with Crippen molar-refractivity contribution in [2.45, 2.75) is 6.42 Å². The quantitative estimate of drug-likeness (QED) is 0.698. The van der Waals surface area contributed by atoms with Crippen molar-refractivity contribution in [2.75, 3.05) is 40.8 Å². The molecule has 1 rings (SSSR count). The van der Waals surface area contributed by atoms with Gasteiger partial charge in [-0.05, 0) is 52.8 Å². The third-order valence-corrected chi connectivity index (χ3v) is 2.89. The van der Waals surface area contributed by atoms with E-state index in [2.05, 4.69) is 4.90 Å². The third-order valence-electron chi connectivity index (χ3n) is 2.89. The van der Waals surface area contributed by atoms with Gasteiger partial charge in [0.1, 0.15) is 0 Å². The Hall–Kier alpha value is -1.70. The molecule has 0 N–H and O–H groups in total. The van der Waals surface area contributed by atoms with Gasteiger partial charge in [0.15, 0.2) is 5.78 Å². The molecule has 4 heteroatoms. The van der Waals surface area contributed by atoms with Gasteiger partial charge in [-0.1, -0.05) is 12.1 Å². The first-order valence-corrected chi connectivity index (χ1v) is 6.39. The zero-order valence-corrected chi connectivity index (χ0v) is 11.9. The fraction of sp³-hybridized carbons (Fsp3) is 0.467. The number of rotatable bonds is 7. The van der Waals surface area contributed by atoms with Gasteiger partial charge in [0.05, 0.1) is 18.2 Å². The van der Waals surface area contributed by atoms with Crippen molar-refractivity contribution >= 4 is 5.78 Å². The molecule has 0 amide bonds. The second kappa shape index (κ2) is 7.67. The molecule has 0 unspecified atom stereocenters. The Balaban J connectivity index is 2.43. The van der Waals surface area contributed by atoms with Crippen molar-refractivity contribution in [1.82, 2.24) is 9.80 Å². The summed E-state index contributed by atoms with van der Waals surface area (Å²) in [5.74, 6) is 0.0943. The average molecular weight is 259 g/mol. The number of hydrogen-bond acceptors (Lipinski definition) is 4. The van der Waals surface area contributed by atoms with Crippen LogP contribution in [0.2, 0.25) is 0 Å². The molecule has 0 spiro atoms. The summed E-state index contributed by atoms with van der Waals surface area (Å²) in [6.45, 7) is 2.34. The molecule has 1 aromatic rings. The van der Waals surface area contributed by atoms with E-state index in [0.29, 0.717) is 17.7 Å². The molecule has 0 bridgehead atoms. The number of carbonyl (C=O) groups is 1. The number of ketones is 1. The minimum absolute atomic E-state index is 0.0943. The molecule has 0 aliphatic rings. The molecule has 0 aromatic heterocycles. The highest BCUT2D eigenvalue weighted by molar-refractivity contribution is 5.97. The zero-order chi connectivity index (χ0) is 14.3. The standard InChI is InChI=1S/C15H21N3O/c1-17(2)9-4-10-18(3)12-15(19)14-7-5-13(11-16)6-8-14/h5-8H,4,9-10,12H2,1-3H3. The summed E-state index contributed by atoms with van der Waals surface area (Å²) in [6.07, 6.45) is 1.05. The van der Waals surface area contributed by atoms with Crippen molar-refractivity contribution in [3.63, 3.8) is 0 Å². The predicted octanol–water partition coefficient (Wildman–Crippen LogP) is 1.62. The van der Waals surface area contributed by atoms with Gasteiger partial charge in [0.25, 0.3) is 0 Å². The highest BCUT2D eigenvalue weighted by Crippen LogP contribution is 2.05. The lowest BCUT2D eigenvalue weighted by Crippen LogP contribution is -2.29. The molecule has 0 saturated carbocycles. The normalized spacial score (nSPS) is 10.7. The van der Waals surface area contributed by atoms with Crippen LogP contribution in [0.5, 0.6) is 0 Å². The first-order chi connectivity index (χ1) is 9.02. The van der Waals surface area contributed by atoms with Crippen molar-refractivity contribution in [3.05, 3.63) is 35.4 Å². The molecule has 0 atom stereocenters. The lowest BCUT2D eigenvalue weighted by atomic mass is 10.1. The monoisotopic (exact) mass is 259 g/mol. The molecule has 4 nitrogen and oxygen atoms in total. The van der Waals surface area contributed by atoms with E-state index in [9.17, 15) is 4.79 Å². The van der Waals surface area contributed by atoms with Crippen molar-refractivity contribution in [1.29, 1.82) is 5.26 Å². The second-order valence-electron chi connectivity index (χ2n) is 5.01. The van der Waals surface area contributed by atoms with E-state index >= 15 is 0 Å². The van der Waals surface area contributed by atoms with Crippen LogP contribution in [0, 0.1) is 11.3 Å². The fourth-order valence-electron chi connectivity index (χ4n) is 1.80. The van der Waals surface area contributed by atoms with Gasteiger partial charge in [-0.25, -0.2) is 0 Å². The summed E-state index contributed by atoms with van der Waals surface area (Å²) in [5.41, 5.74) is 1.24. The van der Waals surface area contributed by atoms with Crippen LogP contribution in [0.3, 0.4) is 0 Å². The topological polar surface area (TPSA) is 47.3 Å². The largest absolute Gasteiger partial charge is 0.309 e. The van der Waals surface area contributed by atoms with Crippen molar-refractivity contribution < 1.29 is 4.79 Å². The first-order valence-electron chi connectivity index (χ1n) is 6.39. The van der Waals surface area contributed by atoms with E-state index in [1.165, 1.54) is 0 Å². The maximum atomic E-state index is 12.0. The molecule has 1 aromatic carbocycles. The Morgan fingerprint density at radius 3 is 2.32 bits per heavy atom. The number of Topliss-reactive ketones (excluding diaryl/α,β-unsaturated/α-hetero) is 1. The van der Waals surface area contributed by atoms with Crippen LogP contribution in [-0.4, -0.2) is 56.4 Å². The molecule has 0 saturated heterocycles. The Morgan fingerprint density at radius 1 is 1.16 bits per heavy atom. The van der Waals surface area contributed by atoms with E-state index < -0.39 is 0 Å². The summed E-state index contributed by atoms with van der Waals surface area (Å²) < 4.78 is 0. The molecular formula is C15H21N3O. The van der Waals surface area contributed by atoms with E-state index in [4.69, 9.17) is 5.26 Å². The van der Waals surface area contributed by atoms with Gasteiger partial charge in [-0.3, -0.25) is 9.69 Å². The van der Waals surface area contributed by atoms with Crippen LogP contribution >= 0.6 is 0 Å². The predicted molar refractivity (Wildman–Crippen MR) is 76.2 cm³/mol. The Bertz CT molecular complexity index is 445. The highest BCUT2D eigenvalue weighted by Gasteiger charge is 2.09. The van der Waals surface area contributed by atoms with Crippen LogP contribution in [0.1, 0.15) is 22.3 Å². The average Bonchev–Trinajstić information content (AvgIpc) is 2.38.